The number of likely N-dealkylation sites (tertiary alicyclic amines) is 1. The number of carbonyl (C=O) groups is 1. The van der Waals surface area contributed by atoms with Gasteiger partial charge in [0, 0.05) is 18.5 Å². The Hall–Kier alpha value is -0.570. The Morgan fingerprint density at radius 1 is 1.33 bits per heavy atom. The summed E-state index contributed by atoms with van der Waals surface area (Å²) >= 11 is 0. The molecule has 1 amide bonds. The minimum atomic E-state index is -0.305. The number of amides is 1. The third-order valence-corrected chi connectivity index (χ3v) is 4.50. The van der Waals surface area contributed by atoms with Crippen molar-refractivity contribution in [3.05, 3.63) is 0 Å². The van der Waals surface area contributed by atoms with Crippen LogP contribution in [0, 0.1) is 11.3 Å². The maximum Gasteiger partial charge on any atom is 0.228 e. The summed E-state index contributed by atoms with van der Waals surface area (Å²) in [5.74, 6) is 0.897. The minimum Gasteiger partial charge on any atom is -0.391 e. The van der Waals surface area contributed by atoms with E-state index in [1.54, 1.807) is 0 Å². The zero-order valence-electron chi connectivity index (χ0n) is 11.8. The largest absolute Gasteiger partial charge is 0.391 e. The molecule has 1 atom stereocenters. The monoisotopic (exact) mass is 253 g/mol. The highest BCUT2D eigenvalue weighted by atomic mass is 16.3. The minimum absolute atomic E-state index is 0.106. The number of hydrogen-bond acceptors (Lipinski definition) is 2. The predicted octanol–water partition coefficient (Wildman–Crippen LogP) is 2.58. The van der Waals surface area contributed by atoms with Gasteiger partial charge in [-0.2, -0.15) is 0 Å². The lowest BCUT2D eigenvalue weighted by molar-refractivity contribution is -0.146. The summed E-state index contributed by atoms with van der Waals surface area (Å²) < 4.78 is 0. The van der Waals surface area contributed by atoms with Crippen molar-refractivity contribution in [2.24, 2.45) is 11.3 Å². The van der Waals surface area contributed by atoms with Gasteiger partial charge in [-0.05, 0) is 38.0 Å². The number of carbonyl (C=O) groups excluding carboxylic acids is 1. The smallest absolute Gasteiger partial charge is 0.228 e. The SMILES string of the molecule is CC(C)CC1(C(=O)N2CCCC(O)C2)CCCC1. The number of piperidine rings is 1. The van der Waals surface area contributed by atoms with Crippen LogP contribution in [0.4, 0.5) is 0 Å². The summed E-state index contributed by atoms with van der Waals surface area (Å²) in [7, 11) is 0. The predicted molar refractivity (Wildman–Crippen MR) is 72.2 cm³/mol. The van der Waals surface area contributed by atoms with E-state index < -0.39 is 0 Å². The van der Waals surface area contributed by atoms with Crippen LogP contribution in [0.5, 0.6) is 0 Å². The molecule has 0 radical (unpaired) electrons. The number of β-amino-alcohol motifs (C(OH)–C–C–N with tert-alkyl or cyclic N) is 1. The van der Waals surface area contributed by atoms with E-state index in [0.29, 0.717) is 18.4 Å². The van der Waals surface area contributed by atoms with Crippen LogP contribution in [-0.2, 0) is 4.79 Å². The molecule has 1 aliphatic heterocycles. The van der Waals surface area contributed by atoms with Crippen LogP contribution < -0.4 is 0 Å². The van der Waals surface area contributed by atoms with E-state index >= 15 is 0 Å². The average Bonchev–Trinajstić information content (AvgIpc) is 2.77. The van der Waals surface area contributed by atoms with Crippen molar-refractivity contribution in [2.45, 2.75) is 64.9 Å². The van der Waals surface area contributed by atoms with E-state index in [4.69, 9.17) is 0 Å². The molecule has 1 saturated carbocycles. The van der Waals surface area contributed by atoms with Crippen molar-refractivity contribution >= 4 is 5.91 Å². The lowest BCUT2D eigenvalue weighted by Gasteiger charge is -2.38. The van der Waals surface area contributed by atoms with E-state index in [1.807, 2.05) is 4.90 Å². The first kappa shape index (κ1) is 13.9. The van der Waals surface area contributed by atoms with E-state index in [0.717, 1.165) is 38.6 Å². The van der Waals surface area contributed by atoms with Gasteiger partial charge in [0.1, 0.15) is 0 Å². The molecule has 0 aromatic rings. The molecule has 1 unspecified atom stereocenters. The molecule has 104 valence electrons. The van der Waals surface area contributed by atoms with Gasteiger partial charge in [0.25, 0.3) is 0 Å². The summed E-state index contributed by atoms with van der Waals surface area (Å²) in [6, 6.07) is 0. The van der Waals surface area contributed by atoms with Gasteiger partial charge in [-0.25, -0.2) is 0 Å². The molecule has 0 spiro atoms. The van der Waals surface area contributed by atoms with Crippen molar-refractivity contribution in [2.75, 3.05) is 13.1 Å². The van der Waals surface area contributed by atoms with Crippen LogP contribution in [0.25, 0.3) is 0 Å². The molecule has 0 bridgehead atoms. The third-order valence-electron chi connectivity index (χ3n) is 4.50. The van der Waals surface area contributed by atoms with E-state index in [2.05, 4.69) is 13.8 Å². The first-order valence-electron chi connectivity index (χ1n) is 7.51. The van der Waals surface area contributed by atoms with Gasteiger partial charge < -0.3 is 10.0 Å². The Labute approximate surface area is 111 Å². The molecule has 3 heteroatoms. The molecule has 0 aromatic carbocycles. The highest BCUT2D eigenvalue weighted by Gasteiger charge is 2.44. The molecule has 2 fully saturated rings. The number of rotatable bonds is 3. The van der Waals surface area contributed by atoms with Crippen LogP contribution in [0.15, 0.2) is 0 Å². The lowest BCUT2D eigenvalue weighted by Crippen LogP contribution is -2.49. The summed E-state index contributed by atoms with van der Waals surface area (Å²) in [6.07, 6.45) is 6.99. The first-order chi connectivity index (χ1) is 8.53. The Balaban J connectivity index is 2.08. The number of aliphatic hydroxyl groups is 1. The maximum absolute atomic E-state index is 12.8. The second-order valence-electron chi connectivity index (χ2n) is 6.63. The molecule has 1 heterocycles. The molecular formula is C15H27NO2. The number of nitrogens with zero attached hydrogens (tertiary/aromatic N) is 1. The van der Waals surface area contributed by atoms with Gasteiger partial charge in [0.05, 0.1) is 6.10 Å². The standard InChI is InChI=1S/C15H27NO2/c1-12(2)10-15(7-3-4-8-15)14(18)16-9-5-6-13(17)11-16/h12-13,17H,3-11H2,1-2H3. The van der Waals surface area contributed by atoms with Crippen LogP contribution >= 0.6 is 0 Å². The van der Waals surface area contributed by atoms with Gasteiger partial charge in [-0.3, -0.25) is 4.79 Å². The summed E-state index contributed by atoms with van der Waals surface area (Å²) in [5, 5.41) is 9.74. The zero-order valence-corrected chi connectivity index (χ0v) is 11.8. The fourth-order valence-corrected chi connectivity index (χ4v) is 3.81. The van der Waals surface area contributed by atoms with Gasteiger partial charge in [-0.15, -0.1) is 0 Å². The van der Waals surface area contributed by atoms with Crippen molar-refractivity contribution in [3.63, 3.8) is 0 Å². The summed E-state index contributed by atoms with van der Waals surface area (Å²) in [5.41, 5.74) is -0.106. The first-order valence-corrected chi connectivity index (χ1v) is 7.51. The van der Waals surface area contributed by atoms with Gasteiger partial charge >= 0.3 is 0 Å². The molecule has 1 N–H and O–H groups in total. The molecule has 3 nitrogen and oxygen atoms in total. The molecular weight excluding hydrogens is 226 g/mol. The maximum atomic E-state index is 12.8. The Morgan fingerprint density at radius 3 is 2.56 bits per heavy atom. The van der Waals surface area contributed by atoms with E-state index in [-0.39, 0.29) is 11.5 Å². The third kappa shape index (κ3) is 2.87. The normalized spacial score (nSPS) is 27.8. The summed E-state index contributed by atoms with van der Waals surface area (Å²) in [6.45, 7) is 5.81. The molecule has 2 aliphatic rings. The fraction of sp³-hybridized carbons (Fsp3) is 0.933. The molecule has 0 aromatic heterocycles. The molecule has 2 rings (SSSR count). The average molecular weight is 253 g/mol. The van der Waals surface area contributed by atoms with Crippen molar-refractivity contribution < 1.29 is 9.90 Å². The number of hydrogen-bond donors (Lipinski definition) is 1. The molecule has 1 aliphatic carbocycles. The van der Waals surface area contributed by atoms with Gasteiger partial charge in [-0.1, -0.05) is 26.7 Å². The van der Waals surface area contributed by atoms with Crippen LogP contribution in [0.1, 0.15) is 58.8 Å². The van der Waals surface area contributed by atoms with Crippen molar-refractivity contribution in [1.82, 2.24) is 4.90 Å². The van der Waals surface area contributed by atoms with Crippen LogP contribution in [0.2, 0.25) is 0 Å². The Bertz CT molecular complexity index is 295. The van der Waals surface area contributed by atoms with Gasteiger partial charge in [0.15, 0.2) is 0 Å². The highest BCUT2D eigenvalue weighted by Crippen LogP contribution is 2.45. The fourth-order valence-electron chi connectivity index (χ4n) is 3.81. The van der Waals surface area contributed by atoms with Crippen molar-refractivity contribution in [1.29, 1.82) is 0 Å². The highest BCUT2D eigenvalue weighted by molar-refractivity contribution is 5.83. The number of aliphatic hydroxyl groups excluding tert-OH is 1. The van der Waals surface area contributed by atoms with Crippen LogP contribution in [-0.4, -0.2) is 35.1 Å². The zero-order chi connectivity index (χ0) is 13.2. The van der Waals surface area contributed by atoms with E-state index in [9.17, 15) is 9.90 Å². The second kappa shape index (κ2) is 5.60. The van der Waals surface area contributed by atoms with Gasteiger partial charge in [0.2, 0.25) is 5.91 Å². The van der Waals surface area contributed by atoms with Crippen LogP contribution in [0.3, 0.4) is 0 Å². The molecule has 18 heavy (non-hydrogen) atoms. The quantitative estimate of drug-likeness (QED) is 0.840. The Morgan fingerprint density at radius 2 is 2.00 bits per heavy atom. The molecule has 1 saturated heterocycles. The second-order valence-corrected chi connectivity index (χ2v) is 6.63. The summed E-state index contributed by atoms with van der Waals surface area (Å²) in [4.78, 5) is 14.8. The Kier molecular flexibility index (Phi) is 4.31. The lowest BCUT2D eigenvalue weighted by atomic mass is 9.77. The topological polar surface area (TPSA) is 40.5 Å². The van der Waals surface area contributed by atoms with Crippen molar-refractivity contribution in [3.8, 4) is 0 Å². The van der Waals surface area contributed by atoms with E-state index in [1.165, 1.54) is 12.8 Å².